The van der Waals surface area contributed by atoms with E-state index in [0.29, 0.717) is 27.2 Å². The van der Waals surface area contributed by atoms with Crippen LogP contribution >= 0.6 is 27.7 Å². The number of ether oxygens (including phenoxy) is 2. The number of methoxy groups -OCH3 is 1. The Bertz CT molecular complexity index is 819. The number of amides is 1. The van der Waals surface area contributed by atoms with E-state index < -0.39 is 11.9 Å². The minimum absolute atomic E-state index is 0.00386. The summed E-state index contributed by atoms with van der Waals surface area (Å²) < 4.78 is 10.6. The molecule has 0 aliphatic carbocycles. The number of nitrogens with zero attached hydrogens (tertiary/aromatic N) is 1. The van der Waals surface area contributed by atoms with E-state index in [1.54, 1.807) is 12.1 Å². The molecule has 1 heterocycles. The largest absolute Gasteiger partial charge is 0.503 e. The lowest BCUT2D eigenvalue weighted by Crippen LogP contribution is -2.31. The van der Waals surface area contributed by atoms with Crippen molar-refractivity contribution in [2.24, 2.45) is 0 Å². The van der Waals surface area contributed by atoms with Gasteiger partial charge in [0.15, 0.2) is 11.5 Å². The minimum atomic E-state index is -0.510. The van der Waals surface area contributed by atoms with Crippen LogP contribution in [0.15, 0.2) is 27.2 Å². The van der Waals surface area contributed by atoms with Crippen molar-refractivity contribution in [3.63, 3.8) is 0 Å². The van der Waals surface area contributed by atoms with Crippen LogP contribution < -0.4 is 10.1 Å². The van der Waals surface area contributed by atoms with E-state index in [4.69, 9.17) is 9.47 Å². The second-order valence-electron chi connectivity index (χ2n) is 5.72. The van der Waals surface area contributed by atoms with E-state index in [9.17, 15) is 20.0 Å². The number of benzene rings is 1. The number of halogens is 1. The van der Waals surface area contributed by atoms with Gasteiger partial charge in [-0.1, -0.05) is 18.7 Å². The van der Waals surface area contributed by atoms with Gasteiger partial charge in [0.2, 0.25) is 5.91 Å². The van der Waals surface area contributed by atoms with Crippen molar-refractivity contribution < 1.29 is 24.2 Å². The second kappa shape index (κ2) is 9.67. The molecule has 1 aromatic rings. The zero-order valence-electron chi connectivity index (χ0n) is 14.9. The second-order valence-corrected chi connectivity index (χ2v) is 7.56. The maximum atomic E-state index is 12.2. The summed E-state index contributed by atoms with van der Waals surface area (Å²) in [7, 11) is 1.42. The number of nitriles is 1. The normalized spacial score (nSPS) is 16.5. The summed E-state index contributed by atoms with van der Waals surface area (Å²) in [6, 6.07) is 5.38. The molecule has 1 aliphatic heterocycles. The highest BCUT2D eigenvalue weighted by Crippen LogP contribution is 2.42. The van der Waals surface area contributed by atoms with E-state index in [-0.39, 0.29) is 29.6 Å². The molecule has 27 heavy (non-hydrogen) atoms. The smallest absolute Gasteiger partial charge is 0.316 e. The predicted octanol–water partition coefficient (Wildman–Crippen LogP) is 3.19. The van der Waals surface area contributed by atoms with Crippen LogP contribution in [-0.2, 0) is 14.3 Å². The molecule has 7 nitrogen and oxygen atoms in total. The number of nitrogens with one attached hydrogen (secondary N) is 1. The molecule has 2 rings (SSSR count). The van der Waals surface area contributed by atoms with E-state index >= 15 is 0 Å². The topological polar surface area (TPSA) is 109 Å². The number of thioether (sulfide) groups is 1. The zero-order valence-corrected chi connectivity index (χ0v) is 17.3. The fraction of sp³-hybridized carbons (Fsp3) is 0.389. The molecule has 1 atom stereocenters. The zero-order chi connectivity index (χ0) is 20.0. The Kier molecular flexibility index (Phi) is 7.56. The summed E-state index contributed by atoms with van der Waals surface area (Å²) in [4.78, 5) is 23.9. The summed E-state index contributed by atoms with van der Waals surface area (Å²) in [6.07, 6.45) is 0.798. The number of hydrogen-bond donors (Lipinski definition) is 2. The standard InChI is InChI=1S/C18H19BrN2O5S/c1-3-4-26-16(23)9-27-18-12(8-20)11(7-15(22)21-18)10-5-13(19)17(24)14(6-10)25-2/h5-6,11,24H,3-4,7,9H2,1-2H3,(H,21,22)/t11-/m1/s1. The molecule has 144 valence electrons. The average Bonchev–Trinajstić information content (AvgIpc) is 2.66. The highest BCUT2D eigenvalue weighted by Gasteiger charge is 2.31. The number of rotatable bonds is 7. The third-order valence-electron chi connectivity index (χ3n) is 3.83. The van der Waals surface area contributed by atoms with Crippen LogP contribution in [0.2, 0.25) is 0 Å². The summed E-state index contributed by atoms with van der Waals surface area (Å²) in [5.41, 5.74) is 0.997. The van der Waals surface area contributed by atoms with Gasteiger partial charge in [0.1, 0.15) is 0 Å². The van der Waals surface area contributed by atoms with Crippen LogP contribution in [0.1, 0.15) is 31.2 Å². The van der Waals surface area contributed by atoms with Crippen LogP contribution in [0, 0.1) is 11.3 Å². The number of allylic oxidation sites excluding steroid dienone is 1. The highest BCUT2D eigenvalue weighted by atomic mass is 79.9. The van der Waals surface area contributed by atoms with E-state index in [1.807, 2.05) is 6.92 Å². The van der Waals surface area contributed by atoms with Crippen molar-refractivity contribution in [1.29, 1.82) is 5.26 Å². The highest BCUT2D eigenvalue weighted by molar-refractivity contribution is 9.10. The number of hydrogen-bond acceptors (Lipinski definition) is 7. The number of phenols is 1. The van der Waals surface area contributed by atoms with Crippen LogP contribution in [0.4, 0.5) is 0 Å². The van der Waals surface area contributed by atoms with E-state index in [2.05, 4.69) is 27.3 Å². The van der Waals surface area contributed by atoms with Crippen molar-refractivity contribution in [2.75, 3.05) is 19.5 Å². The Balaban J connectivity index is 2.33. The fourth-order valence-electron chi connectivity index (χ4n) is 2.56. The van der Waals surface area contributed by atoms with Gasteiger partial charge in [-0.15, -0.1) is 0 Å². The Morgan fingerprint density at radius 1 is 1.52 bits per heavy atom. The number of carbonyl (C=O) groups is 2. The maximum Gasteiger partial charge on any atom is 0.316 e. The van der Waals surface area contributed by atoms with Crippen molar-refractivity contribution in [3.05, 3.63) is 32.8 Å². The fourth-order valence-corrected chi connectivity index (χ4v) is 3.89. The molecule has 1 aromatic carbocycles. The van der Waals surface area contributed by atoms with E-state index in [0.717, 1.165) is 18.2 Å². The monoisotopic (exact) mass is 454 g/mol. The molecule has 0 saturated heterocycles. The van der Waals surface area contributed by atoms with Crippen LogP contribution in [0.5, 0.6) is 11.5 Å². The molecule has 9 heteroatoms. The molecular formula is C18H19BrN2O5S. The van der Waals surface area contributed by atoms with Gasteiger partial charge in [-0.05, 0) is 40.0 Å². The van der Waals surface area contributed by atoms with Crippen LogP contribution in [0.3, 0.4) is 0 Å². The Morgan fingerprint density at radius 3 is 2.89 bits per heavy atom. The summed E-state index contributed by atoms with van der Waals surface area (Å²) in [5.74, 6) is -1.000. The lowest BCUT2D eigenvalue weighted by Gasteiger charge is -2.25. The molecule has 0 aromatic heterocycles. The van der Waals surface area contributed by atoms with Gasteiger partial charge in [-0.2, -0.15) is 5.26 Å². The number of carbonyl (C=O) groups excluding carboxylic acids is 2. The first-order chi connectivity index (χ1) is 12.9. The lowest BCUT2D eigenvalue weighted by atomic mass is 9.87. The first-order valence-electron chi connectivity index (χ1n) is 8.20. The first kappa shape index (κ1) is 21.1. The molecule has 2 N–H and O–H groups in total. The maximum absolute atomic E-state index is 12.2. The molecule has 0 bridgehead atoms. The minimum Gasteiger partial charge on any atom is -0.503 e. The number of phenolic OH excluding ortho intramolecular Hbond substituents is 1. The van der Waals surface area contributed by atoms with Gasteiger partial charge in [0.05, 0.1) is 40.6 Å². The molecule has 0 spiro atoms. The Hall–Kier alpha value is -2.18. The predicted molar refractivity (Wildman–Crippen MR) is 104 cm³/mol. The third-order valence-corrected chi connectivity index (χ3v) is 5.43. The first-order valence-corrected chi connectivity index (χ1v) is 9.98. The van der Waals surface area contributed by atoms with Gasteiger partial charge in [-0.25, -0.2) is 0 Å². The molecule has 0 fully saturated rings. The third kappa shape index (κ3) is 5.17. The summed E-state index contributed by atoms with van der Waals surface area (Å²) >= 11 is 4.32. The lowest BCUT2D eigenvalue weighted by molar-refractivity contribution is -0.140. The van der Waals surface area contributed by atoms with Gasteiger partial charge < -0.3 is 19.9 Å². The SMILES string of the molecule is CCCOC(=O)CSC1=C(C#N)[C@@H](c2cc(Br)c(O)c(OC)c2)CC(=O)N1. The van der Waals surface area contributed by atoms with Crippen LogP contribution in [-0.4, -0.2) is 36.5 Å². The van der Waals surface area contributed by atoms with Crippen molar-refractivity contribution in [1.82, 2.24) is 5.32 Å². The molecule has 0 unspecified atom stereocenters. The van der Waals surface area contributed by atoms with Gasteiger partial charge >= 0.3 is 5.97 Å². The number of esters is 1. The van der Waals surface area contributed by atoms with Crippen molar-refractivity contribution >= 4 is 39.6 Å². The molecule has 1 amide bonds. The van der Waals surface area contributed by atoms with E-state index in [1.165, 1.54) is 7.11 Å². The van der Waals surface area contributed by atoms with Gasteiger partial charge in [-0.3, -0.25) is 9.59 Å². The van der Waals surface area contributed by atoms with Gasteiger partial charge in [0.25, 0.3) is 0 Å². The molecule has 0 saturated carbocycles. The average molecular weight is 455 g/mol. The molecule has 0 radical (unpaired) electrons. The summed E-state index contributed by atoms with van der Waals surface area (Å²) in [6.45, 7) is 2.23. The quantitative estimate of drug-likeness (QED) is 0.608. The van der Waals surface area contributed by atoms with Crippen molar-refractivity contribution in [3.8, 4) is 17.6 Å². The number of aromatic hydroxyl groups is 1. The molecular weight excluding hydrogens is 436 g/mol. The molecule has 1 aliphatic rings. The Morgan fingerprint density at radius 2 is 2.26 bits per heavy atom. The van der Waals surface area contributed by atoms with Gasteiger partial charge in [0, 0.05) is 12.3 Å². The van der Waals surface area contributed by atoms with Crippen LogP contribution in [0.25, 0.3) is 0 Å². The Labute approximate surface area is 169 Å². The van der Waals surface area contributed by atoms with Crippen molar-refractivity contribution in [2.45, 2.75) is 25.7 Å². The summed E-state index contributed by atoms with van der Waals surface area (Å²) in [5, 5.41) is 22.6.